The van der Waals surface area contributed by atoms with Gasteiger partial charge in [-0.2, -0.15) is 0 Å². The summed E-state index contributed by atoms with van der Waals surface area (Å²) in [5.74, 6) is -0.677. The minimum Gasteiger partial charge on any atom is -0.508 e. The Balaban J connectivity index is 2.54. The molecule has 0 heterocycles. The molecule has 6 heteroatoms. The zero-order chi connectivity index (χ0) is 12.8. The van der Waals surface area contributed by atoms with Crippen LogP contribution in [0.15, 0.2) is 24.3 Å². The highest BCUT2D eigenvalue weighted by Gasteiger charge is 2.16. The Hall–Kier alpha value is -1.15. The van der Waals surface area contributed by atoms with E-state index in [4.69, 9.17) is 10.8 Å². The summed E-state index contributed by atoms with van der Waals surface area (Å²) < 4.78 is 0.218. The number of rotatable bonds is 4. The molecule has 5 nitrogen and oxygen atoms in total. The van der Waals surface area contributed by atoms with Crippen LogP contribution in [0.3, 0.4) is 0 Å². The molecule has 1 aromatic carbocycles. The van der Waals surface area contributed by atoms with Crippen LogP contribution in [0.1, 0.15) is 5.56 Å². The molecule has 92 valence electrons. The molecule has 0 aliphatic carbocycles. The lowest BCUT2D eigenvalue weighted by molar-refractivity contribution is -0.129. The molecule has 0 aromatic heterocycles. The second kappa shape index (κ2) is 6.55. The highest BCUT2D eigenvalue weighted by atomic mass is 127. The van der Waals surface area contributed by atoms with Crippen molar-refractivity contribution in [3.63, 3.8) is 0 Å². The van der Waals surface area contributed by atoms with E-state index in [0.29, 0.717) is 6.42 Å². The molecule has 0 radical (unpaired) electrons. The Morgan fingerprint density at radius 2 is 1.94 bits per heavy atom. The molecule has 1 atom stereocenters. The molecule has 0 saturated carbocycles. The van der Waals surface area contributed by atoms with Crippen molar-refractivity contribution in [2.45, 2.75) is 12.5 Å². The van der Waals surface area contributed by atoms with Crippen LogP contribution < -0.4 is 11.1 Å². The maximum atomic E-state index is 11.5. The van der Waals surface area contributed by atoms with Crippen molar-refractivity contribution in [2.75, 3.05) is 4.43 Å². The van der Waals surface area contributed by atoms with Crippen LogP contribution in [0.25, 0.3) is 0 Å². The quantitative estimate of drug-likeness (QED) is 0.541. The first-order chi connectivity index (χ1) is 8.02. The Bertz CT molecular complexity index is 406. The summed E-state index contributed by atoms with van der Waals surface area (Å²) in [6, 6.07) is 5.64. The smallest absolute Gasteiger partial charge is 0.243 e. The Kier molecular flexibility index (Phi) is 5.36. The first kappa shape index (κ1) is 13.9. The van der Waals surface area contributed by atoms with E-state index in [0.717, 1.165) is 5.56 Å². The number of carbonyl (C=O) groups is 2. The lowest BCUT2D eigenvalue weighted by Crippen LogP contribution is -2.44. The molecule has 0 aliphatic heterocycles. The van der Waals surface area contributed by atoms with E-state index in [2.05, 4.69) is 5.32 Å². The van der Waals surface area contributed by atoms with Crippen molar-refractivity contribution in [1.82, 2.24) is 5.32 Å². The summed E-state index contributed by atoms with van der Waals surface area (Å²) in [6.45, 7) is 0. The molecule has 0 aliphatic rings. The third-order valence-corrected chi connectivity index (χ3v) is 2.81. The number of hydrogen-bond acceptors (Lipinski definition) is 4. The minimum atomic E-state index is -0.772. The highest BCUT2D eigenvalue weighted by molar-refractivity contribution is 14.1. The van der Waals surface area contributed by atoms with Gasteiger partial charge in [0.2, 0.25) is 11.8 Å². The number of phenols is 1. The van der Waals surface area contributed by atoms with Gasteiger partial charge in [0, 0.05) is 0 Å². The SMILES string of the molecule is N[C@@H](Cc1ccc(O)cc1)C(=O)NC(=O)CI. The Morgan fingerprint density at radius 1 is 1.35 bits per heavy atom. The number of aromatic hydroxyl groups is 1. The number of halogens is 1. The second-order valence-electron chi connectivity index (χ2n) is 3.52. The van der Waals surface area contributed by atoms with Crippen LogP contribution in [0.4, 0.5) is 0 Å². The van der Waals surface area contributed by atoms with E-state index < -0.39 is 11.9 Å². The topological polar surface area (TPSA) is 92.4 Å². The molecule has 1 rings (SSSR count). The molecule has 0 saturated heterocycles. The number of hydrogen-bond donors (Lipinski definition) is 3. The van der Waals surface area contributed by atoms with Gasteiger partial charge in [0.05, 0.1) is 10.5 Å². The van der Waals surface area contributed by atoms with Crippen LogP contribution >= 0.6 is 22.6 Å². The van der Waals surface area contributed by atoms with E-state index in [1.807, 2.05) is 22.6 Å². The number of benzene rings is 1. The number of phenolic OH excluding ortho intramolecular Hbond substituents is 1. The van der Waals surface area contributed by atoms with Gasteiger partial charge in [-0.3, -0.25) is 14.9 Å². The van der Waals surface area contributed by atoms with Crippen LogP contribution in [0.5, 0.6) is 5.75 Å². The van der Waals surface area contributed by atoms with E-state index in [-0.39, 0.29) is 16.1 Å². The van der Waals surface area contributed by atoms with Gasteiger partial charge in [-0.25, -0.2) is 0 Å². The van der Waals surface area contributed by atoms with E-state index in [1.54, 1.807) is 12.1 Å². The Morgan fingerprint density at radius 3 is 2.47 bits per heavy atom. The van der Waals surface area contributed by atoms with Crippen molar-refractivity contribution >= 4 is 34.4 Å². The largest absolute Gasteiger partial charge is 0.508 e. The second-order valence-corrected chi connectivity index (χ2v) is 4.29. The molecule has 17 heavy (non-hydrogen) atoms. The predicted octanol–water partition coefficient (Wildman–Crippen LogP) is 0.340. The molecular weight excluding hydrogens is 335 g/mol. The van der Waals surface area contributed by atoms with Gasteiger partial charge >= 0.3 is 0 Å². The number of imide groups is 1. The number of nitrogens with one attached hydrogen (secondary N) is 1. The van der Waals surface area contributed by atoms with Crippen LogP contribution in [0.2, 0.25) is 0 Å². The van der Waals surface area contributed by atoms with Crippen molar-refractivity contribution in [2.24, 2.45) is 5.73 Å². The van der Waals surface area contributed by atoms with Gasteiger partial charge in [-0.1, -0.05) is 34.7 Å². The number of amides is 2. The Labute approximate surface area is 113 Å². The lowest BCUT2D eigenvalue weighted by atomic mass is 10.1. The van der Waals surface area contributed by atoms with Crippen LogP contribution in [-0.4, -0.2) is 27.4 Å². The normalized spacial score (nSPS) is 11.9. The van der Waals surface area contributed by atoms with Crippen molar-refractivity contribution in [3.05, 3.63) is 29.8 Å². The van der Waals surface area contributed by atoms with Gasteiger partial charge in [-0.15, -0.1) is 0 Å². The van der Waals surface area contributed by atoms with Crippen molar-refractivity contribution in [3.8, 4) is 5.75 Å². The third-order valence-electron chi connectivity index (χ3n) is 2.11. The summed E-state index contributed by atoms with van der Waals surface area (Å²) >= 11 is 1.86. The fourth-order valence-electron chi connectivity index (χ4n) is 1.24. The number of carbonyl (C=O) groups excluding carboxylic acids is 2. The molecule has 2 amide bonds. The van der Waals surface area contributed by atoms with Gasteiger partial charge in [0.15, 0.2) is 0 Å². The maximum absolute atomic E-state index is 11.5. The van der Waals surface area contributed by atoms with Gasteiger partial charge in [0.1, 0.15) is 5.75 Å². The van der Waals surface area contributed by atoms with E-state index in [9.17, 15) is 9.59 Å². The fraction of sp³-hybridized carbons (Fsp3) is 0.273. The average Bonchev–Trinajstić information content (AvgIpc) is 2.31. The van der Waals surface area contributed by atoms with E-state index >= 15 is 0 Å². The zero-order valence-corrected chi connectivity index (χ0v) is 11.2. The molecule has 0 fully saturated rings. The van der Waals surface area contributed by atoms with Crippen molar-refractivity contribution in [1.29, 1.82) is 0 Å². The standard InChI is InChI=1S/C11H13IN2O3/c12-6-10(16)14-11(17)9(13)5-7-1-3-8(15)4-2-7/h1-4,9,15H,5-6,13H2,(H,14,16,17)/t9-/m0/s1. The third kappa shape index (κ3) is 4.70. The molecular formula is C11H13IN2O3. The highest BCUT2D eigenvalue weighted by Crippen LogP contribution is 2.10. The molecule has 4 N–H and O–H groups in total. The molecule has 0 bridgehead atoms. The summed E-state index contributed by atoms with van der Waals surface area (Å²) in [6.07, 6.45) is 0.320. The summed E-state index contributed by atoms with van der Waals surface area (Å²) in [7, 11) is 0. The first-order valence-corrected chi connectivity index (χ1v) is 6.48. The maximum Gasteiger partial charge on any atom is 0.243 e. The fourth-order valence-corrected chi connectivity index (χ4v) is 1.43. The predicted molar refractivity (Wildman–Crippen MR) is 71.8 cm³/mol. The van der Waals surface area contributed by atoms with Crippen LogP contribution in [-0.2, 0) is 16.0 Å². The zero-order valence-electron chi connectivity index (χ0n) is 9.02. The number of alkyl halides is 1. The molecule has 0 spiro atoms. The summed E-state index contributed by atoms with van der Waals surface area (Å²) in [5.41, 5.74) is 6.49. The average molecular weight is 348 g/mol. The minimum absolute atomic E-state index is 0.159. The van der Waals surface area contributed by atoms with Gasteiger partial charge in [-0.05, 0) is 24.1 Å². The van der Waals surface area contributed by atoms with Gasteiger partial charge < -0.3 is 10.8 Å². The summed E-state index contributed by atoms with van der Waals surface area (Å²) in [4.78, 5) is 22.5. The van der Waals surface area contributed by atoms with Crippen molar-refractivity contribution < 1.29 is 14.7 Å². The first-order valence-electron chi connectivity index (χ1n) is 4.96. The molecule has 0 unspecified atom stereocenters. The molecule has 1 aromatic rings. The van der Waals surface area contributed by atoms with Crippen LogP contribution in [0, 0.1) is 0 Å². The van der Waals surface area contributed by atoms with Gasteiger partial charge in [0.25, 0.3) is 0 Å². The lowest BCUT2D eigenvalue weighted by Gasteiger charge is -2.10. The summed E-state index contributed by atoms with van der Waals surface area (Å²) in [5, 5.41) is 11.3. The van der Waals surface area contributed by atoms with E-state index in [1.165, 1.54) is 12.1 Å². The number of nitrogens with two attached hydrogens (primary N) is 1. The monoisotopic (exact) mass is 348 g/mol.